The zero-order chi connectivity index (χ0) is 17.8. The van der Waals surface area contributed by atoms with E-state index in [0.29, 0.717) is 13.1 Å². The Morgan fingerprint density at radius 3 is 2.48 bits per heavy atom. The molecule has 0 spiro atoms. The number of hydrogen-bond acceptors (Lipinski definition) is 4. The lowest BCUT2D eigenvalue weighted by atomic mass is 10.2. The standard InChI is InChI=1S/C20H23N3OS/c1-4-23(16-10-6-5-7-11-16)19(24)14-22(3)15(2)20-21-17-12-8-9-13-18(17)25-20/h5-13,15H,4,14H2,1-3H3. The Labute approximate surface area is 152 Å². The van der Waals surface area contributed by atoms with Crippen LogP contribution in [-0.2, 0) is 4.79 Å². The summed E-state index contributed by atoms with van der Waals surface area (Å²) in [4.78, 5) is 21.4. The van der Waals surface area contributed by atoms with E-state index in [0.717, 1.165) is 16.2 Å². The van der Waals surface area contributed by atoms with E-state index in [4.69, 9.17) is 4.98 Å². The Hall–Kier alpha value is -2.24. The van der Waals surface area contributed by atoms with Crippen molar-refractivity contribution < 1.29 is 4.79 Å². The van der Waals surface area contributed by atoms with Crippen LogP contribution in [0, 0.1) is 0 Å². The summed E-state index contributed by atoms with van der Waals surface area (Å²) in [5.41, 5.74) is 1.96. The van der Waals surface area contributed by atoms with Gasteiger partial charge in [0.05, 0.1) is 22.8 Å². The lowest BCUT2D eigenvalue weighted by Crippen LogP contribution is -2.39. The van der Waals surface area contributed by atoms with E-state index in [-0.39, 0.29) is 11.9 Å². The molecule has 0 aliphatic carbocycles. The Bertz CT molecular complexity index is 813. The summed E-state index contributed by atoms with van der Waals surface area (Å²) in [6, 6.07) is 18.1. The van der Waals surface area contributed by atoms with Crippen LogP contribution in [0.4, 0.5) is 5.69 Å². The Balaban J connectivity index is 1.71. The Kier molecular flexibility index (Phi) is 5.46. The molecule has 4 nitrogen and oxygen atoms in total. The fourth-order valence-corrected chi connectivity index (χ4v) is 3.89. The van der Waals surface area contributed by atoms with Crippen LogP contribution in [0.2, 0.25) is 0 Å². The van der Waals surface area contributed by atoms with Crippen LogP contribution in [-0.4, -0.2) is 35.9 Å². The number of hydrogen-bond donors (Lipinski definition) is 0. The lowest BCUT2D eigenvalue weighted by Gasteiger charge is -2.27. The second kappa shape index (κ2) is 7.76. The van der Waals surface area contributed by atoms with Crippen LogP contribution in [0.15, 0.2) is 54.6 Å². The zero-order valence-electron chi connectivity index (χ0n) is 14.8. The largest absolute Gasteiger partial charge is 0.312 e. The van der Waals surface area contributed by atoms with Crippen molar-refractivity contribution in [3.8, 4) is 0 Å². The van der Waals surface area contributed by atoms with Gasteiger partial charge in [0, 0.05) is 12.2 Å². The minimum absolute atomic E-state index is 0.0934. The molecule has 1 atom stereocenters. The molecule has 0 bridgehead atoms. The lowest BCUT2D eigenvalue weighted by molar-refractivity contribution is -0.119. The van der Waals surface area contributed by atoms with Crippen molar-refractivity contribution in [2.75, 3.05) is 25.0 Å². The van der Waals surface area contributed by atoms with Crippen molar-refractivity contribution in [1.82, 2.24) is 9.88 Å². The predicted molar refractivity (Wildman–Crippen MR) is 105 cm³/mol. The van der Waals surface area contributed by atoms with Crippen LogP contribution in [0.3, 0.4) is 0 Å². The molecule has 0 saturated carbocycles. The minimum atomic E-state index is 0.0934. The molecule has 0 N–H and O–H groups in total. The summed E-state index contributed by atoms with van der Waals surface area (Å²) in [6.07, 6.45) is 0. The van der Waals surface area contributed by atoms with Crippen LogP contribution < -0.4 is 4.90 Å². The first-order valence-electron chi connectivity index (χ1n) is 8.51. The predicted octanol–water partition coefficient (Wildman–Crippen LogP) is 4.34. The number of carbonyl (C=O) groups is 1. The normalized spacial score (nSPS) is 12.5. The summed E-state index contributed by atoms with van der Waals surface area (Å²) in [7, 11) is 1.98. The molecule has 1 heterocycles. The molecule has 0 aliphatic heterocycles. The van der Waals surface area contributed by atoms with E-state index < -0.39 is 0 Å². The topological polar surface area (TPSA) is 36.4 Å². The molecule has 0 saturated heterocycles. The van der Waals surface area contributed by atoms with Crippen LogP contribution in [0.5, 0.6) is 0 Å². The van der Waals surface area contributed by atoms with Gasteiger partial charge in [0.15, 0.2) is 0 Å². The van der Waals surface area contributed by atoms with Crippen molar-refractivity contribution in [2.45, 2.75) is 19.9 Å². The number of aromatic nitrogens is 1. The van der Waals surface area contributed by atoms with E-state index in [9.17, 15) is 4.79 Å². The molecule has 3 rings (SSSR count). The van der Waals surface area contributed by atoms with Gasteiger partial charge in [-0.1, -0.05) is 30.3 Å². The molecule has 5 heteroatoms. The highest BCUT2D eigenvalue weighted by atomic mass is 32.1. The van der Waals surface area contributed by atoms with Crippen molar-refractivity contribution in [3.05, 3.63) is 59.6 Å². The van der Waals surface area contributed by atoms with Gasteiger partial charge >= 0.3 is 0 Å². The van der Waals surface area contributed by atoms with Crippen LogP contribution in [0.25, 0.3) is 10.2 Å². The van der Waals surface area contributed by atoms with Crippen LogP contribution >= 0.6 is 11.3 Å². The number of benzene rings is 2. The summed E-state index contributed by atoms with van der Waals surface area (Å²) < 4.78 is 1.18. The van der Waals surface area contributed by atoms with E-state index in [2.05, 4.69) is 17.9 Å². The van der Waals surface area contributed by atoms with Gasteiger partial charge in [-0.2, -0.15) is 0 Å². The minimum Gasteiger partial charge on any atom is -0.312 e. The summed E-state index contributed by atoms with van der Waals surface area (Å²) >= 11 is 1.69. The van der Waals surface area contributed by atoms with E-state index in [1.54, 1.807) is 11.3 Å². The highest BCUT2D eigenvalue weighted by Crippen LogP contribution is 2.28. The van der Waals surface area contributed by atoms with E-state index in [1.807, 2.05) is 67.4 Å². The van der Waals surface area contributed by atoms with Crippen molar-refractivity contribution >= 4 is 33.1 Å². The van der Waals surface area contributed by atoms with Gasteiger partial charge in [0.1, 0.15) is 5.01 Å². The number of fused-ring (bicyclic) bond motifs is 1. The SMILES string of the molecule is CCN(C(=O)CN(C)C(C)c1nc2ccccc2s1)c1ccccc1. The third kappa shape index (κ3) is 3.89. The maximum atomic E-state index is 12.8. The first-order chi connectivity index (χ1) is 12.1. The highest BCUT2D eigenvalue weighted by molar-refractivity contribution is 7.18. The third-order valence-electron chi connectivity index (χ3n) is 4.40. The zero-order valence-corrected chi connectivity index (χ0v) is 15.7. The molecule has 25 heavy (non-hydrogen) atoms. The van der Waals surface area contributed by atoms with Crippen molar-refractivity contribution in [1.29, 1.82) is 0 Å². The van der Waals surface area contributed by atoms with Crippen LogP contribution in [0.1, 0.15) is 24.9 Å². The molecule has 130 valence electrons. The molecule has 0 fully saturated rings. The monoisotopic (exact) mass is 353 g/mol. The molecular weight excluding hydrogens is 330 g/mol. The first kappa shape index (κ1) is 17.6. The summed E-state index contributed by atoms with van der Waals surface area (Å²) in [5, 5.41) is 1.04. The summed E-state index contributed by atoms with van der Waals surface area (Å²) in [5.74, 6) is 0.101. The van der Waals surface area contributed by atoms with E-state index in [1.165, 1.54) is 4.70 Å². The number of likely N-dealkylation sites (N-methyl/N-ethyl adjacent to an activating group) is 2. The summed E-state index contributed by atoms with van der Waals surface area (Å²) in [6.45, 7) is 5.12. The number of anilines is 1. The maximum Gasteiger partial charge on any atom is 0.241 e. The number of rotatable bonds is 6. The van der Waals surface area contributed by atoms with E-state index >= 15 is 0 Å². The number of para-hydroxylation sites is 2. The van der Waals surface area contributed by atoms with Gasteiger partial charge in [0.2, 0.25) is 5.91 Å². The molecule has 3 aromatic rings. The number of nitrogens with zero attached hydrogens (tertiary/aromatic N) is 3. The van der Waals surface area contributed by atoms with Gasteiger partial charge < -0.3 is 4.90 Å². The van der Waals surface area contributed by atoms with Gasteiger partial charge in [-0.05, 0) is 45.2 Å². The average molecular weight is 353 g/mol. The smallest absolute Gasteiger partial charge is 0.241 e. The van der Waals surface area contributed by atoms with Gasteiger partial charge in [0.25, 0.3) is 0 Å². The average Bonchev–Trinajstić information content (AvgIpc) is 3.06. The van der Waals surface area contributed by atoms with Gasteiger partial charge in [-0.3, -0.25) is 9.69 Å². The van der Waals surface area contributed by atoms with Gasteiger partial charge in [-0.25, -0.2) is 4.98 Å². The molecule has 0 radical (unpaired) electrons. The number of thiazole rings is 1. The number of amides is 1. The fraction of sp³-hybridized carbons (Fsp3) is 0.300. The molecule has 1 amide bonds. The van der Waals surface area contributed by atoms with Gasteiger partial charge in [-0.15, -0.1) is 11.3 Å². The fourth-order valence-electron chi connectivity index (χ4n) is 2.80. The highest BCUT2D eigenvalue weighted by Gasteiger charge is 2.21. The molecular formula is C20H23N3OS. The number of carbonyl (C=O) groups excluding carboxylic acids is 1. The third-order valence-corrected chi connectivity index (χ3v) is 5.61. The second-order valence-electron chi connectivity index (χ2n) is 6.08. The maximum absolute atomic E-state index is 12.8. The first-order valence-corrected chi connectivity index (χ1v) is 9.33. The molecule has 1 unspecified atom stereocenters. The molecule has 0 aliphatic rings. The van der Waals surface area contributed by atoms with Crippen molar-refractivity contribution in [3.63, 3.8) is 0 Å². The Morgan fingerprint density at radius 1 is 1.12 bits per heavy atom. The quantitative estimate of drug-likeness (QED) is 0.661. The second-order valence-corrected chi connectivity index (χ2v) is 7.15. The van der Waals surface area contributed by atoms with Crippen molar-refractivity contribution in [2.24, 2.45) is 0 Å². The molecule has 2 aromatic carbocycles. The Morgan fingerprint density at radius 2 is 1.80 bits per heavy atom. The molecule has 1 aromatic heterocycles.